The van der Waals surface area contributed by atoms with Gasteiger partial charge in [0.2, 0.25) is 5.91 Å². The zero-order valence-electron chi connectivity index (χ0n) is 18.1. The molecule has 0 saturated heterocycles. The number of fused-ring (bicyclic) bond motifs is 1. The SMILES string of the molecule is O=C(O)[C@@H]1Cc2cc(I)c(OCc3ccccc3F)c(I)c2CN1C(=O)CCc1ccccc1. The van der Waals surface area contributed by atoms with E-state index in [-0.39, 0.29) is 37.7 Å². The number of aryl methyl sites for hydroxylation is 1. The van der Waals surface area contributed by atoms with Gasteiger partial charge in [-0.1, -0.05) is 48.5 Å². The molecule has 0 unspecified atom stereocenters. The average Bonchev–Trinajstić information content (AvgIpc) is 2.83. The maximum Gasteiger partial charge on any atom is 0.326 e. The number of ether oxygens (including phenoxy) is 1. The zero-order valence-corrected chi connectivity index (χ0v) is 22.5. The fraction of sp³-hybridized carbons (Fsp3) is 0.231. The van der Waals surface area contributed by atoms with Crippen LogP contribution in [0, 0.1) is 13.0 Å². The van der Waals surface area contributed by atoms with Crippen LogP contribution in [-0.2, 0) is 35.6 Å². The van der Waals surface area contributed by atoms with E-state index in [1.165, 1.54) is 11.0 Å². The summed E-state index contributed by atoms with van der Waals surface area (Å²) in [5, 5.41) is 9.84. The van der Waals surface area contributed by atoms with Crippen LogP contribution in [0.15, 0.2) is 60.7 Å². The highest BCUT2D eigenvalue weighted by Gasteiger charge is 2.36. The van der Waals surface area contributed by atoms with Crippen LogP contribution in [0.3, 0.4) is 0 Å². The summed E-state index contributed by atoms with van der Waals surface area (Å²) in [5.41, 5.74) is 3.27. The summed E-state index contributed by atoms with van der Waals surface area (Å²) in [4.78, 5) is 26.6. The lowest BCUT2D eigenvalue weighted by Crippen LogP contribution is -2.49. The Morgan fingerprint density at radius 3 is 2.50 bits per heavy atom. The Kier molecular flexibility index (Phi) is 8.07. The molecule has 8 heteroatoms. The van der Waals surface area contributed by atoms with E-state index >= 15 is 0 Å². The minimum absolute atomic E-state index is 0.0783. The van der Waals surface area contributed by atoms with E-state index in [1.807, 2.05) is 36.4 Å². The molecule has 1 atom stereocenters. The Hall–Kier alpha value is -2.21. The van der Waals surface area contributed by atoms with Gasteiger partial charge in [-0.15, -0.1) is 0 Å². The fourth-order valence-corrected chi connectivity index (χ4v) is 6.34. The first-order valence-corrected chi connectivity index (χ1v) is 12.9. The molecule has 0 bridgehead atoms. The van der Waals surface area contributed by atoms with Gasteiger partial charge in [0.05, 0.1) is 7.14 Å². The molecule has 0 aromatic heterocycles. The predicted molar refractivity (Wildman–Crippen MR) is 143 cm³/mol. The molecule has 4 rings (SSSR count). The monoisotopic (exact) mass is 685 g/mol. The van der Waals surface area contributed by atoms with E-state index in [1.54, 1.807) is 18.2 Å². The van der Waals surface area contributed by atoms with Gasteiger partial charge < -0.3 is 14.7 Å². The minimum Gasteiger partial charge on any atom is -0.487 e. The lowest BCUT2D eigenvalue weighted by atomic mass is 9.93. The Labute approximate surface area is 224 Å². The highest BCUT2D eigenvalue weighted by molar-refractivity contribution is 14.1. The normalized spacial score (nSPS) is 15.0. The highest BCUT2D eigenvalue weighted by atomic mass is 127. The van der Waals surface area contributed by atoms with Gasteiger partial charge in [-0.3, -0.25) is 4.79 Å². The van der Waals surface area contributed by atoms with Crippen molar-refractivity contribution in [2.75, 3.05) is 0 Å². The van der Waals surface area contributed by atoms with Gasteiger partial charge in [0.25, 0.3) is 0 Å². The number of carbonyl (C=O) groups is 2. The van der Waals surface area contributed by atoms with Crippen molar-refractivity contribution in [3.05, 3.63) is 95.9 Å². The molecule has 0 fully saturated rings. The van der Waals surface area contributed by atoms with Gasteiger partial charge in [0, 0.05) is 24.9 Å². The summed E-state index contributed by atoms with van der Waals surface area (Å²) in [6, 6.07) is 17.1. The number of amides is 1. The van der Waals surface area contributed by atoms with Gasteiger partial charge >= 0.3 is 5.97 Å². The summed E-state index contributed by atoms with van der Waals surface area (Å²) < 4.78 is 21.7. The summed E-state index contributed by atoms with van der Waals surface area (Å²) in [7, 11) is 0. The van der Waals surface area contributed by atoms with Gasteiger partial charge in [-0.25, -0.2) is 9.18 Å². The van der Waals surface area contributed by atoms with Crippen molar-refractivity contribution in [3.63, 3.8) is 0 Å². The van der Waals surface area contributed by atoms with Crippen LogP contribution in [0.5, 0.6) is 5.75 Å². The molecule has 3 aromatic carbocycles. The molecular formula is C26H22FI2NO4. The van der Waals surface area contributed by atoms with Crippen molar-refractivity contribution in [2.45, 2.75) is 38.5 Å². The second kappa shape index (κ2) is 11.0. The Bertz CT molecular complexity index is 1220. The van der Waals surface area contributed by atoms with Crippen LogP contribution in [0.2, 0.25) is 0 Å². The number of carboxylic acids is 1. The van der Waals surface area contributed by atoms with Crippen molar-refractivity contribution in [3.8, 4) is 5.75 Å². The maximum absolute atomic E-state index is 14.0. The number of carbonyl (C=O) groups excluding carboxylic acids is 1. The predicted octanol–water partition coefficient (Wildman–Crippen LogP) is 5.58. The lowest BCUT2D eigenvalue weighted by molar-refractivity contribution is -0.151. The van der Waals surface area contributed by atoms with E-state index in [0.717, 1.165) is 23.8 Å². The third-order valence-corrected chi connectivity index (χ3v) is 7.84. The van der Waals surface area contributed by atoms with Crippen molar-refractivity contribution in [1.82, 2.24) is 4.90 Å². The standard InChI is InChI=1S/C26H22FI2NO4/c27-20-9-5-4-8-17(20)15-34-25-21(28)12-18-13-22(26(32)33)30(14-19(18)24(25)29)23(31)11-10-16-6-2-1-3-7-16/h1-9,12,22H,10-11,13-15H2,(H,32,33)/t22-/m0/s1. The molecule has 1 aliphatic heterocycles. The quantitative estimate of drug-likeness (QED) is 0.330. The largest absolute Gasteiger partial charge is 0.487 e. The Morgan fingerprint density at radius 2 is 1.79 bits per heavy atom. The van der Waals surface area contributed by atoms with E-state index in [9.17, 15) is 19.1 Å². The molecule has 1 aliphatic rings. The maximum atomic E-state index is 14.0. The first-order chi connectivity index (χ1) is 16.3. The molecule has 34 heavy (non-hydrogen) atoms. The highest BCUT2D eigenvalue weighted by Crippen LogP contribution is 2.37. The number of benzene rings is 3. The summed E-state index contributed by atoms with van der Waals surface area (Å²) in [6.07, 6.45) is 1.03. The molecule has 1 amide bonds. The average molecular weight is 685 g/mol. The molecule has 3 aromatic rings. The second-order valence-electron chi connectivity index (χ2n) is 8.08. The van der Waals surface area contributed by atoms with E-state index in [0.29, 0.717) is 17.7 Å². The Morgan fingerprint density at radius 1 is 1.09 bits per heavy atom. The first kappa shape index (κ1) is 24.9. The van der Waals surface area contributed by atoms with Crippen LogP contribution in [0.25, 0.3) is 0 Å². The Balaban J connectivity index is 1.57. The van der Waals surface area contributed by atoms with Crippen LogP contribution < -0.4 is 4.74 Å². The number of aliphatic carboxylic acids is 1. The van der Waals surface area contributed by atoms with Gasteiger partial charge in [-0.05, 0) is 80.4 Å². The minimum atomic E-state index is -1.01. The number of carboxylic acid groups (broad SMARTS) is 1. The lowest BCUT2D eigenvalue weighted by Gasteiger charge is -2.35. The van der Waals surface area contributed by atoms with Crippen LogP contribution in [0.4, 0.5) is 4.39 Å². The molecule has 0 radical (unpaired) electrons. The summed E-state index contributed by atoms with van der Waals surface area (Å²) in [6.45, 7) is 0.278. The molecule has 0 spiro atoms. The summed E-state index contributed by atoms with van der Waals surface area (Å²) >= 11 is 4.34. The number of rotatable bonds is 7. The first-order valence-electron chi connectivity index (χ1n) is 10.8. The third-order valence-electron chi connectivity index (χ3n) is 5.89. The molecule has 1 N–H and O–H groups in total. The van der Waals surface area contributed by atoms with Crippen LogP contribution in [-0.4, -0.2) is 27.9 Å². The van der Waals surface area contributed by atoms with E-state index in [2.05, 4.69) is 45.2 Å². The van der Waals surface area contributed by atoms with Crippen molar-refractivity contribution in [1.29, 1.82) is 0 Å². The van der Waals surface area contributed by atoms with Crippen LogP contribution >= 0.6 is 45.2 Å². The van der Waals surface area contributed by atoms with E-state index in [4.69, 9.17) is 4.74 Å². The molecular weight excluding hydrogens is 663 g/mol. The number of nitrogens with zero attached hydrogens (tertiary/aromatic N) is 1. The van der Waals surface area contributed by atoms with E-state index < -0.39 is 12.0 Å². The molecule has 176 valence electrons. The van der Waals surface area contributed by atoms with Gasteiger partial charge in [0.15, 0.2) is 0 Å². The molecule has 5 nitrogen and oxygen atoms in total. The topological polar surface area (TPSA) is 66.8 Å². The van der Waals surface area contributed by atoms with Crippen molar-refractivity contribution in [2.24, 2.45) is 0 Å². The van der Waals surface area contributed by atoms with Gasteiger partial charge in [0.1, 0.15) is 24.2 Å². The van der Waals surface area contributed by atoms with Crippen molar-refractivity contribution < 1.29 is 23.8 Å². The van der Waals surface area contributed by atoms with Gasteiger partial charge in [-0.2, -0.15) is 0 Å². The van der Waals surface area contributed by atoms with Crippen molar-refractivity contribution >= 4 is 57.1 Å². The van der Waals surface area contributed by atoms with Crippen LogP contribution in [0.1, 0.15) is 28.7 Å². The number of hydrogen-bond acceptors (Lipinski definition) is 3. The molecule has 0 aliphatic carbocycles. The third kappa shape index (κ3) is 5.54. The molecule has 1 heterocycles. The smallest absolute Gasteiger partial charge is 0.326 e. The molecule has 0 saturated carbocycles. The zero-order chi connectivity index (χ0) is 24.2. The summed E-state index contributed by atoms with van der Waals surface area (Å²) in [5.74, 6) is -0.910. The number of hydrogen-bond donors (Lipinski definition) is 1. The number of halogens is 3. The second-order valence-corrected chi connectivity index (χ2v) is 10.3. The fourth-order valence-electron chi connectivity index (χ4n) is 4.06.